The van der Waals surface area contributed by atoms with Crippen molar-refractivity contribution in [3.63, 3.8) is 0 Å². The lowest BCUT2D eigenvalue weighted by atomic mass is 10.0. The van der Waals surface area contributed by atoms with E-state index in [0.717, 1.165) is 12.8 Å². The van der Waals surface area contributed by atoms with E-state index in [1.807, 2.05) is 0 Å². The van der Waals surface area contributed by atoms with Crippen molar-refractivity contribution < 1.29 is 22.3 Å². The third-order valence-corrected chi connectivity index (χ3v) is 6.75. The monoisotopic (exact) mass is 406 g/mol. The number of benzene rings is 2. The molecule has 1 aliphatic rings. The molecule has 0 spiro atoms. The van der Waals surface area contributed by atoms with E-state index in [2.05, 4.69) is 5.32 Å². The Morgan fingerprint density at radius 2 is 1.82 bits per heavy atom. The van der Waals surface area contributed by atoms with E-state index in [4.69, 9.17) is 4.74 Å². The van der Waals surface area contributed by atoms with E-state index in [1.54, 1.807) is 12.1 Å². The summed E-state index contributed by atoms with van der Waals surface area (Å²) in [6, 6.07) is 11.3. The zero-order valence-electron chi connectivity index (χ0n) is 15.6. The van der Waals surface area contributed by atoms with Crippen LogP contribution in [-0.4, -0.2) is 38.3 Å². The summed E-state index contributed by atoms with van der Waals surface area (Å²) in [5.74, 6) is -0.108. The Hall–Kier alpha value is -2.45. The highest BCUT2D eigenvalue weighted by atomic mass is 32.2. The van der Waals surface area contributed by atoms with Crippen LogP contribution in [0.5, 0.6) is 5.75 Å². The Bertz CT molecular complexity index is 914. The quantitative estimate of drug-likeness (QED) is 0.798. The van der Waals surface area contributed by atoms with Crippen LogP contribution >= 0.6 is 0 Å². The molecule has 6 nitrogen and oxygen atoms in total. The number of piperidine rings is 1. The number of carbonyl (C=O) groups is 1. The van der Waals surface area contributed by atoms with Crippen LogP contribution in [0.3, 0.4) is 0 Å². The molecule has 0 bridgehead atoms. The van der Waals surface area contributed by atoms with Crippen molar-refractivity contribution >= 4 is 21.6 Å². The number of amides is 1. The molecule has 8 heteroatoms. The van der Waals surface area contributed by atoms with Gasteiger partial charge >= 0.3 is 0 Å². The van der Waals surface area contributed by atoms with Gasteiger partial charge in [-0.2, -0.15) is 4.31 Å². The van der Waals surface area contributed by atoms with Gasteiger partial charge in [0.25, 0.3) is 0 Å². The fourth-order valence-corrected chi connectivity index (χ4v) is 5.03. The molecule has 0 aliphatic carbocycles. The molecule has 2 aromatic carbocycles. The van der Waals surface area contributed by atoms with Crippen molar-refractivity contribution in [2.75, 3.05) is 19.0 Å². The summed E-state index contributed by atoms with van der Waals surface area (Å²) in [4.78, 5) is 12.6. The molecule has 0 aromatic heterocycles. The van der Waals surface area contributed by atoms with Crippen LogP contribution in [0.25, 0.3) is 0 Å². The van der Waals surface area contributed by atoms with Crippen LogP contribution in [0.2, 0.25) is 0 Å². The number of nitrogens with zero attached hydrogens (tertiary/aromatic N) is 1. The first kappa shape index (κ1) is 20.3. The number of methoxy groups -OCH3 is 1. The van der Waals surface area contributed by atoms with E-state index < -0.39 is 16.1 Å². The van der Waals surface area contributed by atoms with Gasteiger partial charge in [-0.25, -0.2) is 12.8 Å². The van der Waals surface area contributed by atoms with Gasteiger partial charge in [-0.1, -0.05) is 6.42 Å². The molecule has 1 N–H and O–H groups in total. The third kappa shape index (κ3) is 4.69. The molecule has 0 saturated carbocycles. The number of sulfonamides is 1. The topological polar surface area (TPSA) is 75.7 Å². The summed E-state index contributed by atoms with van der Waals surface area (Å²) < 4.78 is 45.7. The van der Waals surface area contributed by atoms with Crippen LogP contribution in [-0.2, 0) is 14.8 Å². The van der Waals surface area contributed by atoms with Crippen molar-refractivity contribution in [1.29, 1.82) is 0 Å². The summed E-state index contributed by atoms with van der Waals surface area (Å²) in [6.45, 7) is 0.378. The minimum absolute atomic E-state index is 0.0484. The van der Waals surface area contributed by atoms with E-state index in [9.17, 15) is 17.6 Å². The number of halogens is 1. The van der Waals surface area contributed by atoms with Crippen molar-refractivity contribution in [3.05, 3.63) is 54.3 Å². The first-order valence-corrected chi connectivity index (χ1v) is 10.6. The van der Waals surface area contributed by atoms with Crippen molar-refractivity contribution in [3.8, 4) is 5.75 Å². The van der Waals surface area contributed by atoms with Gasteiger partial charge < -0.3 is 10.1 Å². The molecule has 1 amide bonds. The average Bonchev–Trinajstić information content (AvgIpc) is 2.70. The molecular formula is C20H23FN2O4S. The number of hydrogen-bond acceptors (Lipinski definition) is 4. The Morgan fingerprint density at radius 3 is 2.46 bits per heavy atom. The molecule has 28 heavy (non-hydrogen) atoms. The number of anilines is 1. The summed E-state index contributed by atoms with van der Waals surface area (Å²) in [5.41, 5.74) is 0.478. The highest BCUT2D eigenvalue weighted by molar-refractivity contribution is 7.89. The first-order valence-electron chi connectivity index (χ1n) is 9.11. The predicted octanol–water partition coefficient (Wildman–Crippen LogP) is 3.41. The van der Waals surface area contributed by atoms with Gasteiger partial charge in [0, 0.05) is 24.7 Å². The smallest absolute Gasteiger partial charge is 0.243 e. The Kier molecular flexibility index (Phi) is 6.31. The van der Waals surface area contributed by atoms with Crippen molar-refractivity contribution in [2.45, 2.75) is 36.6 Å². The first-order chi connectivity index (χ1) is 13.4. The number of hydrogen-bond donors (Lipinski definition) is 1. The predicted molar refractivity (Wildman–Crippen MR) is 104 cm³/mol. The Balaban J connectivity index is 1.73. The van der Waals surface area contributed by atoms with Crippen LogP contribution in [0, 0.1) is 5.82 Å². The van der Waals surface area contributed by atoms with Gasteiger partial charge in [-0.3, -0.25) is 4.79 Å². The van der Waals surface area contributed by atoms with E-state index in [-0.39, 0.29) is 23.0 Å². The molecule has 150 valence electrons. The fraction of sp³-hybridized carbons (Fsp3) is 0.350. The molecule has 3 rings (SSSR count). The summed E-state index contributed by atoms with van der Waals surface area (Å²) in [7, 11) is -2.19. The number of carbonyl (C=O) groups excluding carboxylic acids is 1. The second kappa shape index (κ2) is 8.70. The van der Waals surface area contributed by atoms with Gasteiger partial charge in [-0.05, 0) is 61.4 Å². The number of ether oxygens (including phenoxy) is 1. The summed E-state index contributed by atoms with van der Waals surface area (Å²) >= 11 is 0. The molecule has 1 aliphatic heterocycles. The molecule has 1 fully saturated rings. The fourth-order valence-electron chi connectivity index (χ4n) is 3.34. The number of nitrogens with one attached hydrogen (secondary N) is 1. The third-order valence-electron chi connectivity index (χ3n) is 4.79. The van der Waals surface area contributed by atoms with Crippen LogP contribution < -0.4 is 10.1 Å². The lowest BCUT2D eigenvalue weighted by Crippen LogP contribution is -2.45. The normalized spacial score (nSPS) is 17.9. The van der Waals surface area contributed by atoms with Crippen molar-refractivity contribution in [2.24, 2.45) is 0 Å². The second-order valence-electron chi connectivity index (χ2n) is 6.70. The molecule has 1 atom stereocenters. The molecule has 0 unspecified atom stereocenters. The summed E-state index contributed by atoms with van der Waals surface area (Å²) in [6.07, 6.45) is 2.29. The minimum atomic E-state index is -3.71. The minimum Gasteiger partial charge on any atom is -0.497 e. The van der Waals surface area contributed by atoms with Gasteiger partial charge in [0.05, 0.1) is 12.0 Å². The van der Waals surface area contributed by atoms with E-state index >= 15 is 0 Å². The molecular weight excluding hydrogens is 383 g/mol. The standard InChI is InChI=1S/C20H23FN2O4S/c1-27-18-9-11-19(12-10-18)28(25,26)23-13-3-2-4-17(23)14-20(24)22-16-7-5-15(21)6-8-16/h5-12,17H,2-4,13-14H2,1H3,(H,22,24)/t17-/m1/s1. The zero-order valence-corrected chi connectivity index (χ0v) is 16.4. The van der Waals surface area contributed by atoms with Gasteiger partial charge in [-0.15, -0.1) is 0 Å². The molecule has 0 radical (unpaired) electrons. The largest absolute Gasteiger partial charge is 0.497 e. The SMILES string of the molecule is COc1ccc(S(=O)(=O)N2CCCC[C@@H]2CC(=O)Nc2ccc(F)cc2)cc1. The highest BCUT2D eigenvalue weighted by Gasteiger charge is 2.34. The maximum atomic E-state index is 13.1. The average molecular weight is 406 g/mol. The Labute approximate surface area is 164 Å². The molecule has 2 aromatic rings. The highest BCUT2D eigenvalue weighted by Crippen LogP contribution is 2.28. The maximum absolute atomic E-state index is 13.1. The molecule has 1 heterocycles. The van der Waals surface area contributed by atoms with Gasteiger partial charge in [0.15, 0.2) is 0 Å². The van der Waals surface area contributed by atoms with E-state index in [1.165, 1.54) is 47.8 Å². The lowest BCUT2D eigenvalue weighted by molar-refractivity contribution is -0.117. The van der Waals surface area contributed by atoms with Crippen molar-refractivity contribution in [1.82, 2.24) is 4.31 Å². The zero-order chi connectivity index (χ0) is 20.1. The maximum Gasteiger partial charge on any atom is 0.243 e. The Morgan fingerprint density at radius 1 is 1.14 bits per heavy atom. The van der Waals surface area contributed by atoms with E-state index in [0.29, 0.717) is 24.4 Å². The van der Waals surface area contributed by atoms with Crippen LogP contribution in [0.1, 0.15) is 25.7 Å². The molecule has 1 saturated heterocycles. The van der Waals surface area contributed by atoms with Crippen LogP contribution in [0.15, 0.2) is 53.4 Å². The number of rotatable bonds is 6. The van der Waals surface area contributed by atoms with Gasteiger partial charge in [0.1, 0.15) is 11.6 Å². The second-order valence-corrected chi connectivity index (χ2v) is 8.59. The summed E-state index contributed by atoms with van der Waals surface area (Å²) in [5, 5.41) is 2.70. The van der Waals surface area contributed by atoms with Gasteiger partial charge in [0.2, 0.25) is 15.9 Å². The van der Waals surface area contributed by atoms with Crippen LogP contribution in [0.4, 0.5) is 10.1 Å². The lowest BCUT2D eigenvalue weighted by Gasteiger charge is -2.34.